The molecule has 0 radical (unpaired) electrons. The van der Waals surface area contributed by atoms with E-state index in [0.717, 1.165) is 44.2 Å². The second-order valence-electron chi connectivity index (χ2n) is 6.33. The highest BCUT2D eigenvalue weighted by atomic mass is 16.5. The van der Waals surface area contributed by atoms with Gasteiger partial charge in [0, 0.05) is 45.0 Å². The summed E-state index contributed by atoms with van der Waals surface area (Å²) in [6.45, 7) is 3.89. The molecule has 2 heterocycles. The van der Waals surface area contributed by atoms with Gasteiger partial charge in [-0.15, -0.1) is 0 Å². The molecule has 3 rings (SSSR count). The third-order valence-corrected chi connectivity index (χ3v) is 4.35. The summed E-state index contributed by atoms with van der Waals surface area (Å²) in [6.07, 6.45) is 5.76. The zero-order chi connectivity index (χ0) is 18.7. The Morgan fingerprint density at radius 3 is 2.74 bits per heavy atom. The predicted molar refractivity (Wildman–Crippen MR) is 109 cm³/mol. The zero-order valence-electron chi connectivity index (χ0n) is 15.9. The van der Waals surface area contributed by atoms with E-state index in [2.05, 4.69) is 56.7 Å². The number of hydrogen-bond acceptors (Lipinski definition) is 3. The minimum Gasteiger partial charge on any atom is -0.467 e. The fourth-order valence-electron chi connectivity index (χ4n) is 2.96. The number of nitrogens with zero attached hydrogens (tertiary/aromatic N) is 2. The van der Waals surface area contributed by atoms with Gasteiger partial charge in [0.1, 0.15) is 12.4 Å². The van der Waals surface area contributed by atoms with Gasteiger partial charge < -0.3 is 24.4 Å². The third kappa shape index (κ3) is 5.89. The number of rotatable bonds is 10. The van der Waals surface area contributed by atoms with Crippen LogP contribution in [0.25, 0.3) is 10.9 Å². The zero-order valence-corrected chi connectivity index (χ0v) is 15.9. The molecule has 144 valence electrons. The molecule has 0 aliphatic rings. The van der Waals surface area contributed by atoms with Crippen molar-refractivity contribution in [3.63, 3.8) is 0 Å². The SMILES string of the molecule is CN=C(NCCCOCc1ccco1)NCCCn1ccc2ccccc21. The highest BCUT2D eigenvalue weighted by molar-refractivity contribution is 5.80. The highest BCUT2D eigenvalue weighted by Crippen LogP contribution is 2.15. The molecule has 2 N–H and O–H groups in total. The molecule has 2 aromatic heterocycles. The number of nitrogens with one attached hydrogen (secondary N) is 2. The maximum Gasteiger partial charge on any atom is 0.190 e. The average Bonchev–Trinajstić information content (AvgIpc) is 3.36. The van der Waals surface area contributed by atoms with Crippen molar-refractivity contribution >= 4 is 16.9 Å². The Morgan fingerprint density at radius 2 is 1.93 bits per heavy atom. The van der Waals surface area contributed by atoms with E-state index in [9.17, 15) is 0 Å². The standard InChI is InChI=1S/C21H28N4O2/c1-22-21(24-12-6-15-26-17-19-8-4-16-27-19)23-11-5-13-25-14-10-18-7-2-3-9-20(18)25/h2-4,7-10,14,16H,5-6,11-13,15,17H2,1H3,(H2,22,23,24). The van der Waals surface area contributed by atoms with Crippen molar-refractivity contribution in [2.45, 2.75) is 26.0 Å². The number of ether oxygens (including phenoxy) is 1. The van der Waals surface area contributed by atoms with Gasteiger partial charge in [-0.2, -0.15) is 0 Å². The number of fused-ring (bicyclic) bond motifs is 1. The van der Waals surface area contributed by atoms with Crippen LogP contribution in [0.1, 0.15) is 18.6 Å². The van der Waals surface area contributed by atoms with Crippen LogP contribution >= 0.6 is 0 Å². The van der Waals surface area contributed by atoms with Crippen LogP contribution in [0.15, 0.2) is 64.3 Å². The Balaban J connectivity index is 1.26. The van der Waals surface area contributed by atoms with Gasteiger partial charge in [0.15, 0.2) is 5.96 Å². The Morgan fingerprint density at radius 1 is 1.07 bits per heavy atom. The fraction of sp³-hybridized carbons (Fsp3) is 0.381. The Kier molecular flexibility index (Phi) is 7.35. The summed E-state index contributed by atoms with van der Waals surface area (Å²) in [5.74, 6) is 1.69. The maximum atomic E-state index is 5.57. The van der Waals surface area contributed by atoms with Crippen molar-refractivity contribution in [3.05, 3.63) is 60.7 Å². The van der Waals surface area contributed by atoms with Crippen molar-refractivity contribution in [2.24, 2.45) is 4.99 Å². The van der Waals surface area contributed by atoms with E-state index in [4.69, 9.17) is 9.15 Å². The van der Waals surface area contributed by atoms with Gasteiger partial charge in [-0.3, -0.25) is 4.99 Å². The Hall–Kier alpha value is -2.73. The van der Waals surface area contributed by atoms with Crippen LogP contribution in [-0.4, -0.2) is 37.3 Å². The molecule has 0 saturated carbocycles. The number of hydrogen-bond donors (Lipinski definition) is 2. The molecule has 0 saturated heterocycles. The fourth-order valence-corrected chi connectivity index (χ4v) is 2.96. The van der Waals surface area contributed by atoms with E-state index in [0.29, 0.717) is 13.2 Å². The van der Waals surface area contributed by atoms with Crippen molar-refractivity contribution < 1.29 is 9.15 Å². The molecule has 6 heteroatoms. The first-order chi connectivity index (χ1) is 13.4. The summed E-state index contributed by atoms with van der Waals surface area (Å²) < 4.78 is 13.1. The second kappa shape index (κ2) is 10.4. The average molecular weight is 368 g/mol. The van der Waals surface area contributed by atoms with Crippen molar-refractivity contribution in [3.8, 4) is 0 Å². The number of aliphatic imine (C=N–C) groups is 1. The minimum atomic E-state index is 0.522. The first kappa shape index (κ1) is 19.0. The highest BCUT2D eigenvalue weighted by Gasteiger charge is 2.01. The summed E-state index contributed by atoms with van der Waals surface area (Å²) in [4.78, 5) is 4.26. The molecular formula is C21H28N4O2. The Labute approximate surface area is 160 Å². The topological polar surface area (TPSA) is 63.7 Å². The number of furan rings is 1. The van der Waals surface area contributed by atoms with Gasteiger partial charge in [-0.1, -0.05) is 18.2 Å². The number of para-hydroxylation sites is 1. The normalized spacial score (nSPS) is 11.8. The molecule has 27 heavy (non-hydrogen) atoms. The van der Waals surface area contributed by atoms with Crippen LogP contribution in [0.5, 0.6) is 0 Å². The van der Waals surface area contributed by atoms with Gasteiger partial charge in [-0.25, -0.2) is 0 Å². The molecule has 0 bridgehead atoms. The molecule has 0 amide bonds. The van der Waals surface area contributed by atoms with Crippen molar-refractivity contribution in [1.29, 1.82) is 0 Å². The number of guanidine groups is 1. The summed E-state index contributed by atoms with van der Waals surface area (Å²) in [6, 6.07) is 14.4. The molecule has 0 unspecified atom stereocenters. The lowest BCUT2D eigenvalue weighted by Gasteiger charge is -2.12. The minimum absolute atomic E-state index is 0.522. The van der Waals surface area contributed by atoms with Gasteiger partial charge in [-0.05, 0) is 42.5 Å². The number of aryl methyl sites for hydroxylation is 1. The van der Waals surface area contributed by atoms with Gasteiger partial charge in [0.2, 0.25) is 0 Å². The van der Waals surface area contributed by atoms with Crippen LogP contribution < -0.4 is 10.6 Å². The summed E-state index contributed by atoms with van der Waals surface area (Å²) in [5.41, 5.74) is 1.29. The van der Waals surface area contributed by atoms with Gasteiger partial charge >= 0.3 is 0 Å². The molecule has 3 aromatic rings. The molecular weight excluding hydrogens is 340 g/mol. The van der Waals surface area contributed by atoms with Crippen LogP contribution in [0.2, 0.25) is 0 Å². The first-order valence-corrected chi connectivity index (χ1v) is 9.45. The first-order valence-electron chi connectivity index (χ1n) is 9.45. The van der Waals surface area contributed by atoms with Crippen molar-refractivity contribution in [1.82, 2.24) is 15.2 Å². The van der Waals surface area contributed by atoms with E-state index in [1.807, 2.05) is 12.1 Å². The van der Waals surface area contributed by atoms with Crippen LogP contribution in [0, 0.1) is 0 Å². The molecule has 1 aromatic carbocycles. The predicted octanol–water partition coefficient (Wildman–Crippen LogP) is 3.40. The maximum absolute atomic E-state index is 5.57. The van der Waals surface area contributed by atoms with E-state index in [1.54, 1.807) is 13.3 Å². The second-order valence-corrected chi connectivity index (χ2v) is 6.33. The summed E-state index contributed by atoms with van der Waals surface area (Å²) in [5, 5.41) is 7.97. The largest absolute Gasteiger partial charge is 0.467 e. The molecule has 0 aliphatic carbocycles. The van der Waals surface area contributed by atoms with E-state index in [1.165, 1.54) is 10.9 Å². The lowest BCUT2D eigenvalue weighted by Crippen LogP contribution is -2.38. The monoisotopic (exact) mass is 368 g/mol. The van der Waals surface area contributed by atoms with Gasteiger partial charge in [0.25, 0.3) is 0 Å². The number of benzene rings is 1. The van der Waals surface area contributed by atoms with E-state index < -0.39 is 0 Å². The molecule has 0 fully saturated rings. The smallest absolute Gasteiger partial charge is 0.190 e. The Bertz CT molecular complexity index is 824. The third-order valence-electron chi connectivity index (χ3n) is 4.35. The van der Waals surface area contributed by atoms with Crippen molar-refractivity contribution in [2.75, 3.05) is 26.7 Å². The van der Waals surface area contributed by atoms with Gasteiger partial charge in [0.05, 0.1) is 6.26 Å². The lowest BCUT2D eigenvalue weighted by atomic mass is 10.2. The molecule has 0 spiro atoms. The van der Waals surface area contributed by atoms with Crippen LogP contribution in [0.3, 0.4) is 0 Å². The molecule has 0 aliphatic heterocycles. The lowest BCUT2D eigenvalue weighted by molar-refractivity contribution is 0.105. The van der Waals surface area contributed by atoms with E-state index in [-0.39, 0.29) is 0 Å². The van der Waals surface area contributed by atoms with E-state index >= 15 is 0 Å². The summed E-state index contributed by atoms with van der Waals surface area (Å²) in [7, 11) is 1.79. The molecule has 6 nitrogen and oxygen atoms in total. The molecule has 0 atom stereocenters. The van der Waals surface area contributed by atoms with Crippen LogP contribution in [0.4, 0.5) is 0 Å². The quantitative estimate of drug-likeness (QED) is 0.327. The number of aromatic nitrogens is 1. The van der Waals surface area contributed by atoms with Crippen LogP contribution in [-0.2, 0) is 17.9 Å². The summed E-state index contributed by atoms with van der Waals surface area (Å²) >= 11 is 0.